The monoisotopic (exact) mass is 513 g/mol. The van der Waals surface area contributed by atoms with Crippen molar-refractivity contribution < 1.29 is 28.3 Å². The Morgan fingerprint density at radius 2 is 1.83 bits per heavy atom. The number of nitrogens with two attached hydrogens (primary N) is 2. The van der Waals surface area contributed by atoms with Crippen molar-refractivity contribution >= 4 is 46.6 Å². The Morgan fingerprint density at radius 1 is 1.14 bits per heavy atom. The van der Waals surface area contributed by atoms with Crippen LogP contribution in [0.2, 0.25) is 0 Å². The van der Waals surface area contributed by atoms with E-state index in [4.69, 9.17) is 20.6 Å². The maximum atomic E-state index is 13.9. The van der Waals surface area contributed by atoms with Gasteiger partial charge in [-0.2, -0.15) is 4.37 Å². The highest BCUT2D eigenvalue weighted by Gasteiger charge is 2.38. The Hall–Kier alpha value is -4.19. The van der Waals surface area contributed by atoms with Crippen LogP contribution >= 0.6 is 11.5 Å². The summed E-state index contributed by atoms with van der Waals surface area (Å²) in [5.41, 5.74) is 12.3. The molecule has 12 heteroatoms. The molecule has 1 aromatic carbocycles. The molecule has 2 heterocycles. The van der Waals surface area contributed by atoms with E-state index in [0.29, 0.717) is 23.0 Å². The number of carbonyl (C=O) groups is 4. The van der Waals surface area contributed by atoms with E-state index in [1.54, 1.807) is 38.1 Å². The number of ether oxygens (including phenoxy) is 1. The van der Waals surface area contributed by atoms with Crippen LogP contribution in [0.5, 0.6) is 0 Å². The van der Waals surface area contributed by atoms with E-state index in [1.807, 2.05) is 19.1 Å². The van der Waals surface area contributed by atoms with Gasteiger partial charge in [0.2, 0.25) is 0 Å². The van der Waals surface area contributed by atoms with Crippen LogP contribution in [-0.4, -0.2) is 41.2 Å². The molecule has 0 aliphatic carbocycles. The maximum absolute atomic E-state index is 13.9. The molecule has 0 aliphatic heterocycles. The van der Waals surface area contributed by atoms with Gasteiger partial charge in [-0.3, -0.25) is 24.1 Å². The first-order chi connectivity index (χ1) is 17.2. The molecule has 3 amide bonds. The van der Waals surface area contributed by atoms with Crippen molar-refractivity contribution in [1.82, 2.24) is 9.69 Å². The highest BCUT2D eigenvalue weighted by Crippen LogP contribution is 2.34. The molecule has 11 nitrogen and oxygen atoms in total. The second-order valence-electron chi connectivity index (χ2n) is 7.71. The van der Waals surface area contributed by atoms with E-state index in [2.05, 4.69) is 9.69 Å². The Bertz CT molecular complexity index is 1270. The van der Waals surface area contributed by atoms with Gasteiger partial charge in [0, 0.05) is 5.69 Å². The third-order valence-electron chi connectivity index (χ3n) is 5.25. The number of aryl methyl sites for hydroxylation is 2. The lowest BCUT2D eigenvalue weighted by Gasteiger charge is -2.29. The molecule has 0 aliphatic rings. The average molecular weight is 514 g/mol. The van der Waals surface area contributed by atoms with E-state index in [0.717, 1.165) is 12.0 Å². The minimum absolute atomic E-state index is 0.0742. The molecule has 0 radical (unpaired) electrons. The van der Waals surface area contributed by atoms with E-state index in [-0.39, 0.29) is 28.6 Å². The van der Waals surface area contributed by atoms with Crippen molar-refractivity contribution in [1.29, 1.82) is 0 Å². The molecule has 2 aromatic heterocycles. The molecule has 0 bridgehead atoms. The number of furan rings is 1. The fraction of sp³-hybridized carbons (Fsp3) is 0.292. The van der Waals surface area contributed by atoms with Gasteiger partial charge in [0.1, 0.15) is 22.9 Å². The minimum Gasteiger partial charge on any atom is -0.465 e. The van der Waals surface area contributed by atoms with Crippen molar-refractivity contribution in [2.24, 2.45) is 5.73 Å². The van der Waals surface area contributed by atoms with Gasteiger partial charge in [0.15, 0.2) is 11.7 Å². The zero-order chi connectivity index (χ0) is 26.4. The van der Waals surface area contributed by atoms with Crippen LogP contribution < -0.4 is 21.7 Å². The Morgan fingerprint density at radius 3 is 2.36 bits per heavy atom. The normalized spacial score (nSPS) is 11.5. The predicted molar refractivity (Wildman–Crippen MR) is 134 cm³/mol. The number of carbonyl (C=O) groups excluding carboxylic acids is 4. The average Bonchev–Trinajstić information content (AvgIpc) is 3.46. The molecular weight excluding hydrogens is 486 g/mol. The summed E-state index contributed by atoms with van der Waals surface area (Å²) in [6, 6.07) is 8.90. The largest absolute Gasteiger partial charge is 0.465 e. The summed E-state index contributed by atoms with van der Waals surface area (Å²) in [6.07, 6.45) is 0.763. The topological polar surface area (TPSA) is 171 Å². The Balaban J connectivity index is 2.13. The summed E-state index contributed by atoms with van der Waals surface area (Å²) < 4.78 is 14.5. The van der Waals surface area contributed by atoms with Crippen molar-refractivity contribution in [3.63, 3.8) is 0 Å². The molecule has 0 unspecified atom stereocenters. The molecule has 5 N–H and O–H groups in total. The van der Waals surface area contributed by atoms with Crippen LogP contribution in [0.4, 0.5) is 11.4 Å². The van der Waals surface area contributed by atoms with Crippen molar-refractivity contribution in [2.45, 2.75) is 33.2 Å². The fourth-order valence-corrected chi connectivity index (χ4v) is 4.20. The number of aromatic nitrogens is 1. The summed E-state index contributed by atoms with van der Waals surface area (Å²) in [5.74, 6) is -2.25. The quantitative estimate of drug-likeness (QED) is 0.347. The highest BCUT2D eigenvalue weighted by atomic mass is 32.1. The highest BCUT2D eigenvalue weighted by molar-refractivity contribution is 7.09. The molecule has 1 atom stereocenters. The van der Waals surface area contributed by atoms with Gasteiger partial charge in [-0.25, -0.2) is 0 Å². The number of nitrogen functional groups attached to an aromatic ring is 1. The summed E-state index contributed by atoms with van der Waals surface area (Å²) in [4.78, 5) is 52.0. The third kappa shape index (κ3) is 5.71. The number of benzene rings is 1. The number of hydrogen-bond donors (Lipinski definition) is 3. The number of nitrogens with zero attached hydrogens (tertiary/aromatic N) is 2. The van der Waals surface area contributed by atoms with E-state index in [1.165, 1.54) is 4.90 Å². The van der Waals surface area contributed by atoms with Crippen LogP contribution in [0, 0.1) is 6.92 Å². The van der Waals surface area contributed by atoms with Crippen LogP contribution in [0.25, 0.3) is 0 Å². The summed E-state index contributed by atoms with van der Waals surface area (Å²) in [7, 11) is 0. The first-order valence-electron chi connectivity index (χ1n) is 11.1. The zero-order valence-electron chi connectivity index (χ0n) is 20.1. The number of esters is 1. The molecule has 0 spiro atoms. The summed E-state index contributed by atoms with van der Waals surface area (Å²) >= 11 is 0.694. The standard InChI is InChI=1S/C24H27N5O6S/c1-4-14-7-9-15(10-8-14)29(24(33)21-18(25)19(22(26)31)28-36-21)20(16-11-6-13(3)35-16)23(32)27-12-17(30)34-5-2/h6-11,20H,4-5,12,25H2,1-3H3,(H2,26,31)(H,27,32)/t20-/m0/s1. The SMILES string of the molecule is CCOC(=O)CNC(=O)[C@H](c1ccc(C)o1)N(C(=O)c1snc(C(N)=O)c1N)c1ccc(CC)cc1. The summed E-state index contributed by atoms with van der Waals surface area (Å²) in [5, 5.41) is 2.51. The van der Waals surface area contributed by atoms with E-state index >= 15 is 0 Å². The molecular formula is C24H27N5O6S. The lowest BCUT2D eigenvalue weighted by atomic mass is 10.1. The Labute approximate surface area is 211 Å². The van der Waals surface area contributed by atoms with Gasteiger partial charge in [-0.1, -0.05) is 19.1 Å². The smallest absolute Gasteiger partial charge is 0.325 e. The second-order valence-corrected chi connectivity index (χ2v) is 8.48. The van der Waals surface area contributed by atoms with Crippen LogP contribution in [0.1, 0.15) is 57.1 Å². The van der Waals surface area contributed by atoms with Crippen molar-refractivity contribution in [2.75, 3.05) is 23.8 Å². The molecule has 36 heavy (non-hydrogen) atoms. The Kier molecular flexibility index (Phi) is 8.43. The second kappa shape index (κ2) is 11.5. The minimum atomic E-state index is -1.33. The molecule has 3 rings (SSSR count). The van der Waals surface area contributed by atoms with Crippen LogP contribution in [0.3, 0.4) is 0 Å². The van der Waals surface area contributed by atoms with Gasteiger partial charge < -0.3 is 25.9 Å². The van der Waals surface area contributed by atoms with Gasteiger partial charge in [-0.15, -0.1) is 0 Å². The first kappa shape index (κ1) is 26.4. The molecule has 0 fully saturated rings. The van der Waals surface area contributed by atoms with Crippen LogP contribution in [-0.2, 0) is 20.7 Å². The maximum Gasteiger partial charge on any atom is 0.325 e. The number of hydrogen-bond acceptors (Lipinski definition) is 9. The number of primary amides is 1. The van der Waals surface area contributed by atoms with Gasteiger partial charge in [0.25, 0.3) is 17.7 Å². The predicted octanol–water partition coefficient (Wildman–Crippen LogP) is 2.36. The van der Waals surface area contributed by atoms with Gasteiger partial charge in [-0.05, 0) is 61.6 Å². The number of rotatable bonds is 10. The third-order valence-corrected chi connectivity index (χ3v) is 6.10. The molecule has 3 aromatic rings. The zero-order valence-corrected chi connectivity index (χ0v) is 20.9. The lowest BCUT2D eigenvalue weighted by Crippen LogP contribution is -2.45. The van der Waals surface area contributed by atoms with Gasteiger partial charge >= 0.3 is 5.97 Å². The fourth-order valence-electron chi connectivity index (χ4n) is 3.46. The lowest BCUT2D eigenvalue weighted by molar-refractivity contribution is -0.143. The molecule has 0 saturated heterocycles. The van der Waals surface area contributed by atoms with Gasteiger partial charge in [0.05, 0.1) is 12.3 Å². The molecule has 190 valence electrons. The summed E-state index contributed by atoms with van der Waals surface area (Å²) in [6.45, 7) is 5.07. The van der Waals surface area contributed by atoms with Crippen molar-refractivity contribution in [3.8, 4) is 0 Å². The number of amides is 3. The van der Waals surface area contributed by atoms with E-state index < -0.39 is 36.3 Å². The van der Waals surface area contributed by atoms with Crippen molar-refractivity contribution in [3.05, 3.63) is 64.1 Å². The molecule has 0 saturated carbocycles. The number of nitrogens with one attached hydrogen (secondary N) is 1. The van der Waals surface area contributed by atoms with Crippen LogP contribution in [0.15, 0.2) is 40.8 Å². The first-order valence-corrected chi connectivity index (χ1v) is 11.9. The number of anilines is 2. The van der Waals surface area contributed by atoms with E-state index in [9.17, 15) is 19.2 Å².